The van der Waals surface area contributed by atoms with Gasteiger partial charge in [-0.1, -0.05) is 0 Å². The van der Waals surface area contributed by atoms with Gasteiger partial charge in [-0.2, -0.15) is 5.01 Å². The molecule has 1 heterocycles. The summed E-state index contributed by atoms with van der Waals surface area (Å²) in [5.74, 6) is 0. The Kier molecular flexibility index (Phi) is 4.93. The number of carbonyl (C=O) groups excluding carboxylic acids is 1. The molecule has 10 nitrogen and oxygen atoms in total. The number of aliphatic hydroxyl groups excluding tert-OH is 4. The molecule has 5 atom stereocenters. The molecule has 0 saturated carbocycles. The summed E-state index contributed by atoms with van der Waals surface area (Å²) in [5, 5.41) is 42.2. The number of hydrogen-bond acceptors (Lipinski definition) is 8. The lowest BCUT2D eigenvalue weighted by Gasteiger charge is -2.40. The molecule has 1 unspecified atom stereocenters. The van der Waals surface area contributed by atoms with E-state index in [2.05, 4.69) is 10.6 Å². The lowest BCUT2D eigenvalue weighted by atomic mass is 9.98. The lowest BCUT2D eigenvalue weighted by molar-refractivity contribution is -0.233. The quantitative estimate of drug-likeness (QED) is 0.271. The first-order valence-electron chi connectivity index (χ1n) is 5.10. The van der Waals surface area contributed by atoms with Crippen molar-refractivity contribution in [1.29, 1.82) is 0 Å². The van der Waals surface area contributed by atoms with Crippen LogP contribution < -0.4 is 5.32 Å². The van der Waals surface area contributed by atoms with Crippen LogP contribution in [0, 0.1) is 4.91 Å². The molecular formula is C8H15N3O7. The van der Waals surface area contributed by atoms with E-state index < -0.39 is 43.3 Å². The molecular weight excluding hydrogens is 250 g/mol. The minimum Gasteiger partial charge on any atom is -0.394 e. The monoisotopic (exact) mass is 265 g/mol. The number of urea groups is 1. The van der Waals surface area contributed by atoms with Gasteiger partial charge in [-0.25, -0.2) is 4.79 Å². The molecule has 1 saturated heterocycles. The Balaban J connectivity index is 2.70. The smallest absolute Gasteiger partial charge is 0.342 e. The van der Waals surface area contributed by atoms with E-state index in [1.165, 1.54) is 0 Å². The molecule has 0 aromatic rings. The molecule has 1 fully saturated rings. The van der Waals surface area contributed by atoms with Crippen LogP contribution >= 0.6 is 0 Å². The summed E-state index contributed by atoms with van der Waals surface area (Å²) in [6.45, 7) is -0.612. The van der Waals surface area contributed by atoms with Gasteiger partial charge in [0.05, 0.1) is 11.9 Å². The van der Waals surface area contributed by atoms with E-state index in [1.54, 1.807) is 0 Å². The molecule has 104 valence electrons. The van der Waals surface area contributed by atoms with Crippen LogP contribution in [0.4, 0.5) is 4.79 Å². The van der Waals surface area contributed by atoms with Gasteiger partial charge in [0.2, 0.25) is 0 Å². The molecule has 1 aliphatic heterocycles. The molecule has 0 aromatic heterocycles. The van der Waals surface area contributed by atoms with Gasteiger partial charge in [0.15, 0.2) is 6.23 Å². The van der Waals surface area contributed by atoms with Crippen molar-refractivity contribution in [3.63, 3.8) is 0 Å². The molecule has 18 heavy (non-hydrogen) atoms. The van der Waals surface area contributed by atoms with Crippen LogP contribution in [0.25, 0.3) is 0 Å². The Hall–Kier alpha value is -1.33. The predicted molar refractivity (Wildman–Crippen MR) is 55.9 cm³/mol. The minimum atomic E-state index is -1.60. The Bertz CT molecular complexity index is 313. The Labute approximate surface area is 102 Å². The van der Waals surface area contributed by atoms with Crippen molar-refractivity contribution < 1.29 is 30.0 Å². The highest BCUT2D eigenvalue weighted by Crippen LogP contribution is 2.19. The summed E-state index contributed by atoms with van der Waals surface area (Å²) in [6.07, 6.45) is -7.23. The average molecular weight is 265 g/mol. The first kappa shape index (κ1) is 14.7. The highest BCUT2D eigenvalue weighted by molar-refractivity contribution is 5.73. The van der Waals surface area contributed by atoms with E-state index in [-0.39, 0.29) is 0 Å². The van der Waals surface area contributed by atoms with Crippen LogP contribution in [0.2, 0.25) is 0 Å². The van der Waals surface area contributed by atoms with Crippen molar-refractivity contribution in [3.05, 3.63) is 4.91 Å². The number of hydrogen-bond donors (Lipinski definition) is 5. The molecule has 0 aliphatic carbocycles. The summed E-state index contributed by atoms with van der Waals surface area (Å²) in [4.78, 5) is 21.4. The highest BCUT2D eigenvalue weighted by Gasteiger charge is 2.44. The second kappa shape index (κ2) is 6.02. The SMILES string of the molecule is CN(N=O)C(=O)NC1O[C@H](CO)[C@H](O)[C@H](O)[C@H]1O. The number of nitrogens with zero attached hydrogens (tertiary/aromatic N) is 2. The normalized spacial score (nSPS) is 35.9. The first-order valence-corrected chi connectivity index (χ1v) is 5.10. The Morgan fingerprint density at radius 2 is 1.94 bits per heavy atom. The van der Waals surface area contributed by atoms with Crippen molar-refractivity contribution >= 4 is 6.03 Å². The molecule has 5 N–H and O–H groups in total. The Morgan fingerprint density at radius 3 is 2.44 bits per heavy atom. The molecule has 1 rings (SSSR count). The van der Waals surface area contributed by atoms with Crippen LogP contribution in [0.3, 0.4) is 0 Å². The van der Waals surface area contributed by atoms with Gasteiger partial charge in [-0.05, 0) is 0 Å². The van der Waals surface area contributed by atoms with Crippen molar-refractivity contribution in [1.82, 2.24) is 10.3 Å². The minimum absolute atomic E-state index is 0.418. The number of ether oxygens (including phenoxy) is 1. The predicted octanol–water partition coefficient (Wildman–Crippen LogP) is -2.89. The largest absolute Gasteiger partial charge is 0.394 e. The molecule has 0 spiro atoms. The fraction of sp³-hybridized carbons (Fsp3) is 0.875. The van der Waals surface area contributed by atoms with Crippen LogP contribution in [-0.4, -0.2) is 75.8 Å². The Morgan fingerprint density at radius 1 is 1.33 bits per heavy atom. The maximum absolute atomic E-state index is 11.3. The van der Waals surface area contributed by atoms with Crippen LogP contribution in [0.15, 0.2) is 5.29 Å². The first-order chi connectivity index (χ1) is 8.42. The number of carbonyl (C=O) groups is 1. The maximum Gasteiger partial charge on any atom is 0.342 e. The zero-order valence-corrected chi connectivity index (χ0v) is 9.50. The fourth-order valence-corrected chi connectivity index (χ4v) is 1.47. The topological polar surface area (TPSA) is 152 Å². The van der Waals surface area contributed by atoms with Crippen LogP contribution in [-0.2, 0) is 4.74 Å². The van der Waals surface area contributed by atoms with E-state index in [0.717, 1.165) is 7.05 Å². The van der Waals surface area contributed by atoms with Gasteiger partial charge in [-0.3, -0.25) is 0 Å². The van der Waals surface area contributed by atoms with Crippen molar-refractivity contribution in [3.8, 4) is 0 Å². The second-order valence-corrected chi connectivity index (χ2v) is 3.80. The van der Waals surface area contributed by atoms with E-state index in [4.69, 9.17) is 9.84 Å². The van der Waals surface area contributed by atoms with Crippen molar-refractivity contribution in [2.24, 2.45) is 5.29 Å². The molecule has 2 amide bonds. The molecule has 0 bridgehead atoms. The lowest BCUT2D eigenvalue weighted by Crippen LogP contribution is -2.63. The van der Waals surface area contributed by atoms with E-state index in [1.807, 2.05) is 0 Å². The van der Waals surface area contributed by atoms with Gasteiger partial charge in [0.25, 0.3) is 0 Å². The van der Waals surface area contributed by atoms with Crippen LogP contribution in [0.5, 0.6) is 0 Å². The number of amides is 2. The third-order valence-electron chi connectivity index (χ3n) is 2.57. The standard InChI is InChI=1S/C8H15N3O7/c1-11(10-17)8(16)9-7-6(15)5(14)4(13)3(2-12)18-7/h3-7,12-15H,2H2,1H3,(H,9,16)/t3-,4+,5+,6-,7?/m1/s1. The maximum atomic E-state index is 11.3. The second-order valence-electron chi connectivity index (χ2n) is 3.80. The summed E-state index contributed by atoms with van der Waals surface area (Å²) in [6, 6.07) is -0.964. The number of rotatable bonds is 3. The molecule has 0 radical (unpaired) electrons. The van der Waals surface area contributed by atoms with Crippen molar-refractivity contribution in [2.75, 3.05) is 13.7 Å². The van der Waals surface area contributed by atoms with Gasteiger partial charge in [-0.15, -0.1) is 4.91 Å². The number of nitrogens with one attached hydrogen (secondary N) is 1. The van der Waals surface area contributed by atoms with E-state index in [9.17, 15) is 25.0 Å². The average Bonchev–Trinajstić information content (AvgIpc) is 2.38. The third-order valence-corrected chi connectivity index (χ3v) is 2.57. The summed E-state index contributed by atoms with van der Waals surface area (Å²) < 4.78 is 4.98. The zero-order chi connectivity index (χ0) is 13.9. The summed E-state index contributed by atoms with van der Waals surface area (Å²) in [7, 11) is 1.08. The van der Waals surface area contributed by atoms with Gasteiger partial charge in [0, 0.05) is 7.05 Å². The third kappa shape index (κ3) is 2.91. The molecule has 10 heteroatoms. The van der Waals surface area contributed by atoms with Crippen LogP contribution in [0.1, 0.15) is 0 Å². The van der Waals surface area contributed by atoms with Crippen molar-refractivity contribution in [2.45, 2.75) is 30.6 Å². The van der Waals surface area contributed by atoms with E-state index >= 15 is 0 Å². The molecule has 0 aromatic carbocycles. The summed E-state index contributed by atoms with van der Waals surface area (Å²) in [5.41, 5.74) is 0. The number of aliphatic hydroxyl groups is 4. The fourth-order valence-electron chi connectivity index (χ4n) is 1.47. The van der Waals surface area contributed by atoms with Gasteiger partial charge >= 0.3 is 6.03 Å². The molecule has 1 aliphatic rings. The van der Waals surface area contributed by atoms with Gasteiger partial charge < -0.3 is 30.5 Å². The zero-order valence-electron chi connectivity index (χ0n) is 9.50. The van der Waals surface area contributed by atoms with Gasteiger partial charge in [0.1, 0.15) is 24.4 Å². The summed E-state index contributed by atoms with van der Waals surface area (Å²) >= 11 is 0. The highest BCUT2D eigenvalue weighted by atomic mass is 16.6. The van der Waals surface area contributed by atoms with E-state index in [0.29, 0.717) is 5.01 Å². The number of nitroso groups, excluding NO2 is 1.